The molecule has 232 valence electrons. The molecule has 0 radical (unpaired) electrons. The smallest absolute Gasteiger partial charge is 0.164 e. The SMILES string of the molecule is c1ccc(-c2nc(-c3ccccc3)nc(-c3cccc(-c4cccc(C5NC(c6ccccc6)NC(c6ccccc6)N5)c4)c3)n2)cc1. The van der Waals surface area contributed by atoms with Crippen LogP contribution in [0.4, 0.5) is 0 Å². The average molecular weight is 623 g/mol. The molecule has 6 aromatic carbocycles. The highest BCUT2D eigenvalue weighted by molar-refractivity contribution is 5.73. The van der Waals surface area contributed by atoms with E-state index in [-0.39, 0.29) is 18.5 Å². The van der Waals surface area contributed by atoms with Crippen molar-refractivity contribution in [3.63, 3.8) is 0 Å². The predicted octanol–water partition coefficient (Wildman–Crippen LogP) is 8.72. The standard InChI is InChI=1S/C42H34N6/c1-5-15-29(16-6-1)37-43-38(30-17-7-2-8-18-30)46-41(45-37)35-25-13-23-33(27-35)34-24-14-26-36(28-34)42-47-39(31-19-9-3-10-20-31)44-40(48-42)32-21-11-4-12-22-32/h1-28,37-38,41,43,45-46H. The molecule has 3 N–H and O–H groups in total. The molecule has 0 spiro atoms. The van der Waals surface area contributed by atoms with Crippen LogP contribution in [-0.4, -0.2) is 15.0 Å². The van der Waals surface area contributed by atoms with Crippen molar-refractivity contribution in [2.24, 2.45) is 0 Å². The van der Waals surface area contributed by atoms with Gasteiger partial charge in [0.1, 0.15) is 0 Å². The first-order chi connectivity index (χ1) is 23.8. The molecule has 0 saturated carbocycles. The fourth-order valence-corrected chi connectivity index (χ4v) is 6.19. The topological polar surface area (TPSA) is 74.8 Å². The summed E-state index contributed by atoms with van der Waals surface area (Å²) in [6, 6.07) is 58.4. The molecule has 2 heterocycles. The number of nitrogens with zero attached hydrogens (tertiary/aromatic N) is 3. The predicted molar refractivity (Wildman–Crippen MR) is 192 cm³/mol. The number of benzene rings is 6. The summed E-state index contributed by atoms with van der Waals surface area (Å²) >= 11 is 0. The second-order valence-electron chi connectivity index (χ2n) is 11.9. The van der Waals surface area contributed by atoms with E-state index in [2.05, 4.69) is 125 Å². The quantitative estimate of drug-likeness (QED) is 0.165. The summed E-state index contributed by atoms with van der Waals surface area (Å²) in [5.41, 5.74) is 8.57. The van der Waals surface area contributed by atoms with Crippen LogP contribution in [0.3, 0.4) is 0 Å². The van der Waals surface area contributed by atoms with E-state index in [1.165, 1.54) is 11.1 Å². The Morgan fingerprint density at radius 2 is 0.625 bits per heavy atom. The van der Waals surface area contributed by atoms with Gasteiger partial charge in [0.25, 0.3) is 0 Å². The number of rotatable bonds is 7. The molecule has 1 aliphatic heterocycles. The lowest BCUT2D eigenvalue weighted by Gasteiger charge is -2.39. The van der Waals surface area contributed by atoms with Crippen LogP contribution in [0.5, 0.6) is 0 Å². The Labute approximate surface area is 280 Å². The monoisotopic (exact) mass is 622 g/mol. The van der Waals surface area contributed by atoms with Crippen LogP contribution in [-0.2, 0) is 0 Å². The van der Waals surface area contributed by atoms with Crippen molar-refractivity contribution < 1.29 is 0 Å². The van der Waals surface area contributed by atoms with Gasteiger partial charge >= 0.3 is 0 Å². The fourth-order valence-electron chi connectivity index (χ4n) is 6.19. The zero-order valence-electron chi connectivity index (χ0n) is 26.2. The molecule has 1 aliphatic rings. The minimum absolute atomic E-state index is 0.0314. The van der Waals surface area contributed by atoms with Crippen molar-refractivity contribution >= 4 is 0 Å². The number of aromatic nitrogens is 3. The molecule has 1 aromatic heterocycles. The Kier molecular flexibility index (Phi) is 8.34. The van der Waals surface area contributed by atoms with E-state index < -0.39 is 0 Å². The summed E-state index contributed by atoms with van der Waals surface area (Å²) in [4.78, 5) is 14.8. The van der Waals surface area contributed by atoms with E-state index in [0.29, 0.717) is 17.5 Å². The van der Waals surface area contributed by atoms with Gasteiger partial charge in [-0.05, 0) is 39.9 Å². The van der Waals surface area contributed by atoms with E-state index in [1.807, 2.05) is 60.7 Å². The normalized spacial score (nSPS) is 17.5. The lowest BCUT2D eigenvalue weighted by Crippen LogP contribution is -2.54. The maximum absolute atomic E-state index is 4.95. The van der Waals surface area contributed by atoms with Crippen LogP contribution in [0, 0.1) is 0 Å². The summed E-state index contributed by atoms with van der Waals surface area (Å²) < 4.78 is 0. The second kappa shape index (κ2) is 13.5. The van der Waals surface area contributed by atoms with Crippen LogP contribution in [0.25, 0.3) is 45.3 Å². The van der Waals surface area contributed by atoms with Gasteiger partial charge in [-0.25, -0.2) is 15.0 Å². The van der Waals surface area contributed by atoms with Crippen LogP contribution < -0.4 is 16.0 Å². The molecule has 1 saturated heterocycles. The Morgan fingerprint density at radius 3 is 1.12 bits per heavy atom. The zero-order valence-corrected chi connectivity index (χ0v) is 26.2. The van der Waals surface area contributed by atoms with Crippen molar-refractivity contribution in [3.05, 3.63) is 187 Å². The number of hydrogen-bond donors (Lipinski definition) is 3. The van der Waals surface area contributed by atoms with Gasteiger partial charge in [-0.3, -0.25) is 16.0 Å². The molecule has 7 aromatic rings. The van der Waals surface area contributed by atoms with Gasteiger partial charge in [0.2, 0.25) is 0 Å². The van der Waals surface area contributed by atoms with Crippen molar-refractivity contribution in [2.75, 3.05) is 0 Å². The van der Waals surface area contributed by atoms with Gasteiger partial charge < -0.3 is 0 Å². The van der Waals surface area contributed by atoms with E-state index in [4.69, 9.17) is 15.0 Å². The highest BCUT2D eigenvalue weighted by atomic mass is 15.4. The molecule has 1 fully saturated rings. The largest absolute Gasteiger partial charge is 0.279 e. The molecule has 0 amide bonds. The molecule has 2 atom stereocenters. The summed E-state index contributed by atoms with van der Waals surface area (Å²) in [6.07, 6.45) is -0.151. The van der Waals surface area contributed by atoms with E-state index in [0.717, 1.165) is 33.4 Å². The van der Waals surface area contributed by atoms with Crippen molar-refractivity contribution in [1.29, 1.82) is 0 Å². The summed E-state index contributed by atoms with van der Waals surface area (Å²) in [5.74, 6) is 1.94. The Balaban J connectivity index is 1.14. The molecular formula is C42H34N6. The van der Waals surface area contributed by atoms with Gasteiger partial charge in [0, 0.05) is 16.7 Å². The first-order valence-corrected chi connectivity index (χ1v) is 16.2. The van der Waals surface area contributed by atoms with Gasteiger partial charge in [-0.1, -0.05) is 158 Å². The third-order valence-corrected chi connectivity index (χ3v) is 8.64. The lowest BCUT2D eigenvalue weighted by molar-refractivity contribution is 0.203. The zero-order chi connectivity index (χ0) is 32.1. The van der Waals surface area contributed by atoms with E-state index in [1.54, 1.807) is 0 Å². The molecule has 6 nitrogen and oxygen atoms in total. The molecule has 6 heteroatoms. The van der Waals surface area contributed by atoms with E-state index >= 15 is 0 Å². The van der Waals surface area contributed by atoms with Crippen LogP contribution in [0.2, 0.25) is 0 Å². The highest BCUT2D eigenvalue weighted by Gasteiger charge is 2.29. The Hall–Kier alpha value is -5.79. The Morgan fingerprint density at radius 1 is 0.292 bits per heavy atom. The minimum atomic E-state index is -0.0878. The van der Waals surface area contributed by atoms with Gasteiger partial charge in [-0.15, -0.1) is 0 Å². The summed E-state index contributed by atoms with van der Waals surface area (Å²) in [5, 5.41) is 11.3. The third-order valence-electron chi connectivity index (χ3n) is 8.64. The van der Waals surface area contributed by atoms with Crippen molar-refractivity contribution in [3.8, 4) is 45.3 Å². The third kappa shape index (κ3) is 6.41. The molecule has 2 unspecified atom stereocenters. The molecule has 48 heavy (non-hydrogen) atoms. The Bertz CT molecular complexity index is 2020. The fraction of sp³-hybridized carbons (Fsp3) is 0.0714. The van der Waals surface area contributed by atoms with Crippen molar-refractivity contribution in [2.45, 2.75) is 18.5 Å². The summed E-state index contributed by atoms with van der Waals surface area (Å²) in [7, 11) is 0. The van der Waals surface area contributed by atoms with Gasteiger partial charge in [0.15, 0.2) is 17.5 Å². The van der Waals surface area contributed by atoms with E-state index in [9.17, 15) is 0 Å². The molecular weight excluding hydrogens is 589 g/mol. The number of nitrogens with one attached hydrogen (secondary N) is 3. The maximum Gasteiger partial charge on any atom is 0.164 e. The van der Waals surface area contributed by atoms with Crippen LogP contribution >= 0.6 is 0 Å². The lowest BCUT2D eigenvalue weighted by atomic mass is 9.98. The molecule has 8 rings (SSSR count). The maximum atomic E-state index is 4.95. The number of hydrogen-bond acceptors (Lipinski definition) is 6. The first-order valence-electron chi connectivity index (χ1n) is 16.2. The van der Waals surface area contributed by atoms with Gasteiger partial charge in [-0.2, -0.15) is 0 Å². The van der Waals surface area contributed by atoms with Gasteiger partial charge in [0.05, 0.1) is 18.5 Å². The average Bonchev–Trinajstić information content (AvgIpc) is 3.19. The minimum Gasteiger partial charge on any atom is -0.279 e. The second-order valence-corrected chi connectivity index (χ2v) is 11.9. The summed E-state index contributed by atoms with van der Waals surface area (Å²) in [6.45, 7) is 0. The first kappa shape index (κ1) is 29.6. The molecule has 0 aliphatic carbocycles. The molecule has 0 bridgehead atoms. The van der Waals surface area contributed by atoms with Crippen molar-refractivity contribution in [1.82, 2.24) is 30.9 Å². The van der Waals surface area contributed by atoms with Crippen LogP contribution in [0.15, 0.2) is 170 Å². The highest BCUT2D eigenvalue weighted by Crippen LogP contribution is 2.31. The van der Waals surface area contributed by atoms with Crippen LogP contribution in [0.1, 0.15) is 35.2 Å².